The highest BCUT2D eigenvalue weighted by molar-refractivity contribution is 7.14. The number of halogens is 1. The number of hydrogen-bond donors (Lipinski definition) is 2. The molecule has 0 bridgehead atoms. The molecule has 1 aliphatic carbocycles. The fourth-order valence-corrected chi connectivity index (χ4v) is 3.87. The van der Waals surface area contributed by atoms with Crippen LogP contribution in [0.25, 0.3) is 5.69 Å². The summed E-state index contributed by atoms with van der Waals surface area (Å²) in [5.41, 5.74) is 1.46. The molecule has 2 aromatic heterocycles. The van der Waals surface area contributed by atoms with E-state index in [0.717, 1.165) is 12.8 Å². The van der Waals surface area contributed by atoms with E-state index in [2.05, 4.69) is 10.6 Å². The Morgan fingerprint density at radius 1 is 1.18 bits per heavy atom. The molecule has 3 aromatic rings. The van der Waals surface area contributed by atoms with Crippen LogP contribution in [-0.4, -0.2) is 29.5 Å². The van der Waals surface area contributed by atoms with Crippen molar-refractivity contribution in [3.05, 3.63) is 64.3 Å². The minimum absolute atomic E-state index is 0.174. The number of rotatable bonds is 6. The third-order valence-electron chi connectivity index (χ3n) is 4.45. The van der Waals surface area contributed by atoms with Gasteiger partial charge in [-0.2, -0.15) is 0 Å². The Hall–Kier alpha value is -2.77. The smallest absolute Gasteiger partial charge is 0.260 e. The molecular formula is C20H18ClN3O3S. The fourth-order valence-electron chi connectivity index (χ4n) is 2.83. The minimum atomic E-state index is -0.388. The summed E-state index contributed by atoms with van der Waals surface area (Å²) in [5, 5.41) is 8.43. The lowest BCUT2D eigenvalue weighted by atomic mass is 10.1. The number of methoxy groups -OCH3 is 1. The quantitative estimate of drug-likeness (QED) is 0.628. The maximum absolute atomic E-state index is 12.9. The van der Waals surface area contributed by atoms with Crippen molar-refractivity contribution < 1.29 is 14.3 Å². The van der Waals surface area contributed by atoms with Crippen molar-refractivity contribution in [2.75, 3.05) is 12.4 Å². The second-order valence-electron chi connectivity index (χ2n) is 6.46. The summed E-state index contributed by atoms with van der Waals surface area (Å²) in [4.78, 5) is 25.2. The van der Waals surface area contributed by atoms with Gasteiger partial charge in [0.2, 0.25) is 0 Å². The van der Waals surface area contributed by atoms with Crippen molar-refractivity contribution in [3.8, 4) is 11.4 Å². The predicted molar refractivity (Wildman–Crippen MR) is 110 cm³/mol. The number of anilines is 1. The van der Waals surface area contributed by atoms with Gasteiger partial charge < -0.3 is 19.9 Å². The molecule has 1 aromatic carbocycles. The van der Waals surface area contributed by atoms with Crippen LogP contribution in [-0.2, 0) is 0 Å². The minimum Gasteiger partial charge on any atom is -0.496 e. The molecule has 0 aliphatic heterocycles. The van der Waals surface area contributed by atoms with E-state index < -0.39 is 0 Å². The molecule has 0 atom stereocenters. The number of hydrogen-bond acceptors (Lipinski definition) is 4. The summed E-state index contributed by atoms with van der Waals surface area (Å²) in [6.45, 7) is 0. The second-order valence-corrected chi connectivity index (χ2v) is 7.78. The molecular weight excluding hydrogens is 398 g/mol. The Balaban J connectivity index is 1.59. The van der Waals surface area contributed by atoms with Crippen molar-refractivity contribution in [2.24, 2.45) is 0 Å². The van der Waals surface area contributed by atoms with Gasteiger partial charge in [-0.1, -0.05) is 11.6 Å². The zero-order valence-electron chi connectivity index (χ0n) is 15.1. The standard InChI is InChI=1S/C20H18ClN3O3S/c1-27-17-11-16(24-7-2-3-8-24)15(21)10-14(17)19(26)23-20-13(6-9-28-20)18(25)22-12-4-5-12/h2-3,6-12H,4-5H2,1H3,(H,22,25)(H,23,26). The number of benzene rings is 1. The van der Waals surface area contributed by atoms with E-state index >= 15 is 0 Å². The predicted octanol–water partition coefficient (Wildman–Crippen LogP) is 4.35. The first-order valence-corrected chi connectivity index (χ1v) is 10.0. The van der Waals surface area contributed by atoms with Gasteiger partial charge in [0.25, 0.3) is 11.8 Å². The highest BCUT2D eigenvalue weighted by Crippen LogP contribution is 2.32. The number of aromatic nitrogens is 1. The van der Waals surface area contributed by atoms with E-state index in [1.165, 1.54) is 18.4 Å². The maximum Gasteiger partial charge on any atom is 0.260 e. The average molecular weight is 416 g/mol. The van der Waals surface area contributed by atoms with E-state index in [1.807, 2.05) is 29.1 Å². The highest BCUT2D eigenvalue weighted by Gasteiger charge is 2.26. The number of carbonyl (C=O) groups is 2. The summed E-state index contributed by atoms with van der Waals surface area (Å²) in [6, 6.07) is 9.01. The van der Waals surface area contributed by atoms with Crippen LogP contribution in [0.2, 0.25) is 5.02 Å². The van der Waals surface area contributed by atoms with Crippen molar-refractivity contribution in [1.82, 2.24) is 9.88 Å². The molecule has 0 spiro atoms. The van der Waals surface area contributed by atoms with E-state index in [0.29, 0.717) is 32.6 Å². The second kappa shape index (κ2) is 7.69. The van der Waals surface area contributed by atoms with Gasteiger partial charge >= 0.3 is 0 Å². The Bertz CT molecular complexity index is 1030. The van der Waals surface area contributed by atoms with Crippen LogP contribution in [0.15, 0.2) is 48.1 Å². The number of nitrogens with zero attached hydrogens (tertiary/aromatic N) is 1. The molecule has 6 nitrogen and oxygen atoms in total. The van der Waals surface area contributed by atoms with Crippen LogP contribution in [0.3, 0.4) is 0 Å². The number of nitrogens with one attached hydrogen (secondary N) is 2. The molecule has 1 saturated carbocycles. The molecule has 2 N–H and O–H groups in total. The number of carbonyl (C=O) groups excluding carboxylic acids is 2. The van der Waals surface area contributed by atoms with Crippen LogP contribution in [0, 0.1) is 0 Å². The molecule has 0 radical (unpaired) electrons. The van der Waals surface area contributed by atoms with E-state index in [4.69, 9.17) is 16.3 Å². The number of thiophene rings is 1. The molecule has 2 amide bonds. The van der Waals surface area contributed by atoms with Crippen molar-refractivity contribution in [2.45, 2.75) is 18.9 Å². The monoisotopic (exact) mass is 415 g/mol. The molecule has 1 fully saturated rings. The SMILES string of the molecule is COc1cc(-n2cccc2)c(Cl)cc1C(=O)Nc1sccc1C(=O)NC1CC1. The molecule has 2 heterocycles. The molecule has 0 saturated heterocycles. The highest BCUT2D eigenvalue weighted by atomic mass is 35.5. The summed E-state index contributed by atoms with van der Waals surface area (Å²) in [5.74, 6) is -0.168. The lowest BCUT2D eigenvalue weighted by Gasteiger charge is -2.14. The Morgan fingerprint density at radius 2 is 1.93 bits per heavy atom. The van der Waals surface area contributed by atoms with Gasteiger partial charge in [0.1, 0.15) is 10.8 Å². The van der Waals surface area contributed by atoms with Crippen molar-refractivity contribution >= 4 is 39.8 Å². The summed E-state index contributed by atoms with van der Waals surface area (Å²) < 4.78 is 7.25. The molecule has 1 aliphatic rings. The molecule has 4 rings (SSSR count). The topological polar surface area (TPSA) is 72.4 Å². The van der Waals surface area contributed by atoms with Gasteiger partial charge in [-0.25, -0.2) is 0 Å². The molecule has 28 heavy (non-hydrogen) atoms. The van der Waals surface area contributed by atoms with Gasteiger partial charge in [-0.3, -0.25) is 9.59 Å². The van der Waals surface area contributed by atoms with E-state index in [9.17, 15) is 9.59 Å². The maximum atomic E-state index is 12.9. The molecule has 8 heteroatoms. The summed E-state index contributed by atoms with van der Waals surface area (Å²) in [6.07, 6.45) is 5.72. The third kappa shape index (κ3) is 3.76. The molecule has 144 valence electrons. The van der Waals surface area contributed by atoms with Gasteiger partial charge in [-0.05, 0) is 42.5 Å². The van der Waals surface area contributed by atoms with E-state index in [-0.39, 0.29) is 17.9 Å². The number of amides is 2. The normalized spacial score (nSPS) is 13.2. The van der Waals surface area contributed by atoms with Crippen LogP contribution < -0.4 is 15.4 Å². The van der Waals surface area contributed by atoms with Crippen LogP contribution in [0.5, 0.6) is 5.75 Å². The number of ether oxygens (including phenoxy) is 1. The first-order valence-electron chi connectivity index (χ1n) is 8.77. The summed E-state index contributed by atoms with van der Waals surface area (Å²) >= 11 is 7.70. The zero-order valence-corrected chi connectivity index (χ0v) is 16.6. The van der Waals surface area contributed by atoms with Gasteiger partial charge in [0.15, 0.2) is 0 Å². The largest absolute Gasteiger partial charge is 0.496 e. The Kier molecular flexibility index (Phi) is 5.11. The Morgan fingerprint density at radius 3 is 2.61 bits per heavy atom. The average Bonchev–Trinajstić information content (AvgIpc) is 3.15. The third-order valence-corrected chi connectivity index (χ3v) is 5.58. The van der Waals surface area contributed by atoms with Crippen LogP contribution >= 0.6 is 22.9 Å². The lowest BCUT2D eigenvalue weighted by Crippen LogP contribution is -2.26. The van der Waals surface area contributed by atoms with Crippen LogP contribution in [0.1, 0.15) is 33.6 Å². The lowest BCUT2D eigenvalue weighted by molar-refractivity contribution is 0.0952. The van der Waals surface area contributed by atoms with Crippen molar-refractivity contribution in [1.29, 1.82) is 0 Å². The summed E-state index contributed by atoms with van der Waals surface area (Å²) in [7, 11) is 1.50. The van der Waals surface area contributed by atoms with Gasteiger partial charge in [0.05, 0.1) is 28.9 Å². The van der Waals surface area contributed by atoms with E-state index in [1.54, 1.807) is 23.6 Å². The van der Waals surface area contributed by atoms with Crippen molar-refractivity contribution in [3.63, 3.8) is 0 Å². The Labute approximate surface area is 171 Å². The first-order chi connectivity index (χ1) is 13.6. The zero-order chi connectivity index (χ0) is 19.7. The fraction of sp³-hybridized carbons (Fsp3) is 0.200. The van der Waals surface area contributed by atoms with Gasteiger partial charge in [0, 0.05) is 24.5 Å². The molecule has 0 unspecified atom stereocenters. The van der Waals surface area contributed by atoms with Crippen LogP contribution in [0.4, 0.5) is 5.00 Å². The van der Waals surface area contributed by atoms with Gasteiger partial charge in [-0.15, -0.1) is 11.3 Å². The first kappa shape index (κ1) is 18.6.